The van der Waals surface area contributed by atoms with Crippen LogP contribution in [0.15, 0.2) is 18.5 Å². The van der Waals surface area contributed by atoms with Crippen molar-refractivity contribution < 1.29 is 9.53 Å². The van der Waals surface area contributed by atoms with Gasteiger partial charge >= 0.3 is 0 Å². The lowest BCUT2D eigenvalue weighted by atomic mass is 10.2. The largest absolute Gasteiger partial charge is 0.368 e. The van der Waals surface area contributed by atoms with E-state index < -0.39 is 0 Å². The molecule has 0 bridgehead atoms. The molecule has 2 saturated heterocycles. The second-order valence-electron chi connectivity index (χ2n) is 6.18. The van der Waals surface area contributed by atoms with Gasteiger partial charge < -0.3 is 14.5 Å². The Balaban J connectivity index is 1.47. The monoisotopic (exact) mass is 315 g/mol. The molecule has 1 unspecified atom stereocenters. The number of aryl methyl sites for hydroxylation is 1. The van der Waals surface area contributed by atoms with E-state index in [-0.39, 0.29) is 12.0 Å². The summed E-state index contributed by atoms with van der Waals surface area (Å²) in [5, 5.41) is 4.43. The Morgan fingerprint density at radius 3 is 2.87 bits per heavy atom. The van der Waals surface area contributed by atoms with Crippen molar-refractivity contribution in [2.75, 3.05) is 37.7 Å². The van der Waals surface area contributed by atoms with Gasteiger partial charge in [-0.15, -0.1) is 0 Å². The molecule has 4 heterocycles. The van der Waals surface area contributed by atoms with E-state index in [1.807, 2.05) is 28.6 Å². The summed E-state index contributed by atoms with van der Waals surface area (Å²) in [4.78, 5) is 21.1. The third-order valence-corrected chi connectivity index (χ3v) is 4.59. The van der Waals surface area contributed by atoms with Gasteiger partial charge in [-0.3, -0.25) is 4.79 Å². The van der Waals surface area contributed by atoms with E-state index in [1.165, 1.54) is 0 Å². The fraction of sp³-hybridized carbons (Fsp3) is 0.562. The number of aromatic nitrogens is 3. The molecule has 0 spiro atoms. The van der Waals surface area contributed by atoms with Gasteiger partial charge in [0.25, 0.3) is 5.91 Å². The first-order valence-electron chi connectivity index (χ1n) is 8.19. The molecule has 2 aliphatic rings. The molecular weight excluding hydrogens is 294 g/mol. The number of carbonyl (C=O) groups is 1. The van der Waals surface area contributed by atoms with Gasteiger partial charge in [-0.2, -0.15) is 5.10 Å². The minimum Gasteiger partial charge on any atom is -0.368 e. The van der Waals surface area contributed by atoms with E-state index in [4.69, 9.17) is 4.74 Å². The Bertz CT molecular complexity index is 714. The summed E-state index contributed by atoms with van der Waals surface area (Å²) in [5.74, 6) is 1.09. The maximum atomic E-state index is 12.4. The molecule has 7 heteroatoms. The maximum Gasteiger partial charge on any atom is 0.251 e. The minimum atomic E-state index is -0.222. The highest BCUT2D eigenvalue weighted by atomic mass is 16.5. The van der Waals surface area contributed by atoms with Gasteiger partial charge in [0.1, 0.15) is 11.6 Å². The Kier molecular flexibility index (Phi) is 3.65. The number of amides is 1. The second kappa shape index (κ2) is 5.81. The highest BCUT2D eigenvalue weighted by Gasteiger charge is 2.30. The lowest BCUT2D eigenvalue weighted by molar-refractivity contribution is -0.141. The van der Waals surface area contributed by atoms with Crippen molar-refractivity contribution in [1.82, 2.24) is 19.5 Å². The molecule has 0 saturated carbocycles. The third-order valence-electron chi connectivity index (χ3n) is 4.59. The van der Waals surface area contributed by atoms with E-state index in [9.17, 15) is 4.79 Å². The van der Waals surface area contributed by atoms with Gasteiger partial charge in [-0.05, 0) is 25.8 Å². The summed E-state index contributed by atoms with van der Waals surface area (Å²) in [6, 6.07) is 2.05. The summed E-state index contributed by atoms with van der Waals surface area (Å²) in [6.45, 7) is 5.70. The van der Waals surface area contributed by atoms with Crippen LogP contribution in [0.4, 0.5) is 5.82 Å². The molecule has 1 amide bonds. The molecule has 2 aromatic rings. The van der Waals surface area contributed by atoms with Crippen molar-refractivity contribution in [2.24, 2.45) is 0 Å². The summed E-state index contributed by atoms with van der Waals surface area (Å²) >= 11 is 0. The van der Waals surface area contributed by atoms with Crippen LogP contribution in [0.5, 0.6) is 0 Å². The van der Waals surface area contributed by atoms with Crippen LogP contribution in [0.25, 0.3) is 5.52 Å². The zero-order valence-corrected chi connectivity index (χ0v) is 13.3. The smallest absolute Gasteiger partial charge is 0.251 e. The van der Waals surface area contributed by atoms with E-state index in [0.717, 1.165) is 43.0 Å². The topological polar surface area (TPSA) is 63.0 Å². The first-order chi connectivity index (χ1) is 11.2. The first kappa shape index (κ1) is 14.4. The molecule has 23 heavy (non-hydrogen) atoms. The molecule has 0 N–H and O–H groups in total. The van der Waals surface area contributed by atoms with Gasteiger partial charge in [0, 0.05) is 45.2 Å². The van der Waals surface area contributed by atoms with Crippen LogP contribution in [-0.2, 0) is 9.53 Å². The Morgan fingerprint density at radius 1 is 1.30 bits per heavy atom. The zero-order chi connectivity index (χ0) is 15.8. The van der Waals surface area contributed by atoms with E-state index in [2.05, 4.69) is 15.0 Å². The van der Waals surface area contributed by atoms with E-state index in [0.29, 0.717) is 19.7 Å². The SMILES string of the molecule is Cc1cc2c(N3CCN(C(=O)C4CCCO4)CC3)nccn2n1. The molecule has 4 rings (SSSR count). The average molecular weight is 315 g/mol. The molecule has 122 valence electrons. The molecule has 2 fully saturated rings. The van der Waals surface area contributed by atoms with Gasteiger partial charge in [0.2, 0.25) is 0 Å². The van der Waals surface area contributed by atoms with Crippen molar-refractivity contribution in [3.63, 3.8) is 0 Å². The van der Waals surface area contributed by atoms with Crippen LogP contribution in [-0.4, -0.2) is 64.3 Å². The number of nitrogens with zero attached hydrogens (tertiary/aromatic N) is 5. The molecular formula is C16H21N5O2. The molecule has 0 aromatic carbocycles. The number of hydrogen-bond donors (Lipinski definition) is 0. The molecule has 0 radical (unpaired) electrons. The van der Waals surface area contributed by atoms with Gasteiger partial charge in [0.05, 0.1) is 5.69 Å². The van der Waals surface area contributed by atoms with Crippen molar-refractivity contribution >= 4 is 17.2 Å². The van der Waals surface area contributed by atoms with E-state index in [1.54, 1.807) is 6.20 Å². The second-order valence-corrected chi connectivity index (χ2v) is 6.18. The lowest BCUT2D eigenvalue weighted by Crippen LogP contribution is -2.51. The van der Waals surface area contributed by atoms with Crippen molar-refractivity contribution in [3.8, 4) is 0 Å². The van der Waals surface area contributed by atoms with Crippen molar-refractivity contribution in [3.05, 3.63) is 24.2 Å². The predicted octanol–water partition coefficient (Wildman–Crippen LogP) is 0.865. The fourth-order valence-corrected chi connectivity index (χ4v) is 3.39. The highest BCUT2D eigenvalue weighted by Crippen LogP contribution is 2.22. The van der Waals surface area contributed by atoms with Crippen molar-refractivity contribution in [1.29, 1.82) is 0 Å². The predicted molar refractivity (Wildman–Crippen MR) is 85.5 cm³/mol. The summed E-state index contributed by atoms with van der Waals surface area (Å²) in [5.41, 5.74) is 2.00. The maximum absolute atomic E-state index is 12.4. The number of carbonyl (C=O) groups excluding carboxylic acids is 1. The average Bonchev–Trinajstić information content (AvgIpc) is 3.22. The first-order valence-corrected chi connectivity index (χ1v) is 8.19. The number of rotatable bonds is 2. The zero-order valence-electron chi connectivity index (χ0n) is 13.3. The quantitative estimate of drug-likeness (QED) is 0.823. The minimum absolute atomic E-state index is 0.147. The number of anilines is 1. The Labute approximate surface area is 134 Å². The number of fused-ring (bicyclic) bond motifs is 1. The molecule has 0 aliphatic carbocycles. The van der Waals surface area contributed by atoms with Crippen LogP contribution < -0.4 is 4.90 Å². The van der Waals surface area contributed by atoms with Crippen molar-refractivity contribution in [2.45, 2.75) is 25.9 Å². The highest BCUT2D eigenvalue weighted by molar-refractivity contribution is 5.81. The standard InChI is InChI=1S/C16H21N5O2/c1-12-11-13-15(17-4-5-21(13)18-12)19-6-8-20(9-7-19)16(22)14-3-2-10-23-14/h4-5,11,14H,2-3,6-10H2,1H3. The lowest BCUT2D eigenvalue weighted by Gasteiger charge is -2.36. The summed E-state index contributed by atoms with van der Waals surface area (Å²) < 4.78 is 7.37. The van der Waals surface area contributed by atoms with Crippen LogP contribution >= 0.6 is 0 Å². The number of piperazine rings is 1. The fourth-order valence-electron chi connectivity index (χ4n) is 3.39. The van der Waals surface area contributed by atoms with E-state index >= 15 is 0 Å². The van der Waals surface area contributed by atoms with Gasteiger partial charge in [-0.1, -0.05) is 0 Å². The summed E-state index contributed by atoms with van der Waals surface area (Å²) in [6.07, 6.45) is 5.26. The Morgan fingerprint density at radius 2 is 2.13 bits per heavy atom. The molecule has 2 aliphatic heterocycles. The normalized spacial score (nSPS) is 22.0. The molecule has 7 nitrogen and oxygen atoms in total. The number of ether oxygens (including phenoxy) is 1. The van der Waals surface area contributed by atoms with Crippen LogP contribution in [0, 0.1) is 6.92 Å². The number of hydrogen-bond acceptors (Lipinski definition) is 5. The third kappa shape index (κ3) is 2.65. The van der Waals surface area contributed by atoms with Crippen LogP contribution in [0.3, 0.4) is 0 Å². The molecule has 1 atom stereocenters. The molecule has 2 aromatic heterocycles. The van der Waals surface area contributed by atoms with Crippen LogP contribution in [0.1, 0.15) is 18.5 Å². The van der Waals surface area contributed by atoms with Gasteiger partial charge in [0.15, 0.2) is 5.82 Å². The van der Waals surface area contributed by atoms with Crippen LogP contribution in [0.2, 0.25) is 0 Å². The van der Waals surface area contributed by atoms with Gasteiger partial charge in [-0.25, -0.2) is 9.50 Å². The summed E-state index contributed by atoms with van der Waals surface area (Å²) in [7, 11) is 0. The Hall–Kier alpha value is -2.15.